The molecule has 152 valence electrons. The number of hydrogen-bond acceptors (Lipinski definition) is 6. The van der Waals surface area contributed by atoms with Crippen molar-refractivity contribution in [2.75, 3.05) is 31.1 Å². The Labute approximate surface area is 173 Å². The lowest BCUT2D eigenvalue weighted by Crippen LogP contribution is -2.35. The number of aromatic nitrogens is 2. The number of halogens is 3. The van der Waals surface area contributed by atoms with Gasteiger partial charge in [-0.25, -0.2) is 9.97 Å². The van der Waals surface area contributed by atoms with Gasteiger partial charge in [0.2, 0.25) is 0 Å². The molecule has 0 atom stereocenters. The maximum atomic E-state index is 12.9. The number of carbonyl (C=O) groups excluding carboxylic acids is 1. The summed E-state index contributed by atoms with van der Waals surface area (Å²) in [7, 11) is 0. The SMILES string of the molecule is O=C(c1cnc(-c2cccs2)s1)N1CCCN(c2ccc(C(F)(F)F)cn2)CC1. The standard InChI is InChI=1S/C19H17F3N4OS2/c20-19(21,22)13-4-5-16(23-11-13)25-6-2-7-26(9-8-25)18(27)15-12-24-17(29-15)14-3-1-10-28-14/h1,3-5,10-12H,2,6-9H2. The molecule has 1 saturated heterocycles. The molecule has 3 aromatic rings. The third-order valence-electron chi connectivity index (χ3n) is 4.63. The molecule has 0 saturated carbocycles. The van der Waals surface area contributed by atoms with Gasteiger partial charge in [-0.1, -0.05) is 6.07 Å². The first-order chi connectivity index (χ1) is 13.9. The summed E-state index contributed by atoms with van der Waals surface area (Å²) < 4.78 is 38.2. The Hall–Kier alpha value is -2.46. The first-order valence-electron chi connectivity index (χ1n) is 8.99. The van der Waals surface area contributed by atoms with Crippen molar-refractivity contribution in [2.24, 2.45) is 0 Å². The molecule has 1 amide bonds. The summed E-state index contributed by atoms with van der Waals surface area (Å²) in [5.74, 6) is 0.428. The van der Waals surface area contributed by atoms with Gasteiger partial charge in [-0.3, -0.25) is 4.79 Å². The molecule has 29 heavy (non-hydrogen) atoms. The minimum atomic E-state index is -4.40. The number of hydrogen-bond donors (Lipinski definition) is 0. The Balaban J connectivity index is 1.41. The van der Waals surface area contributed by atoms with Gasteiger partial charge in [0, 0.05) is 32.4 Å². The minimum absolute atomic E-state index is 0.0625. The van der Waals surface area contributed by atoms with Crippen molar-refractivity contribution < 1.29 is 18.0 Å². The molecule has 0 unspecified atom stereocenters. The van der Waals surface area contributed by atoms with Crippen molar-refractivity contribution >= 4 is 34.4 Å². The van der Waals surface area contributed by atoms with Gasteiger partial charge < -0.3 is 9.80 Å². The van der Waals surface area contributed by atoms with E-state index in [1.165, 1.54) is 17.4 Å². The van der Waals surface area contributed by atoms with Gasteiger partial charge in [-0.05, 0) is 30.0 Å². The topological polar surface area (TPSA) is 49.3 Å². The number of thiophene rings is 1. The Bertz CT molecular complexity index is 970. The van der Waals surface area contributed by atoms with Gasteiger partial charge in [-0.15, -0.1) is 22.7 Å². The van der Waals surface area contributed by atoms with Gasteiger partial charge in [0.1, 0.15) is 15.7 Å². The van der Waals surface area contributed by atoms with Gasteiger partial charge in [0.25, 0.3) is 5.91 Å². The van der Waals surface area contributed by atoms with Crippen molar-refractivity contribution in [2.45, 2.75) is 12.6 Å². The monoisotopic (exact) mass is 438 g/mol. The zero-order chi connectivity index (χ0) is 20.4. The van der Waals surface area contributed by atoms with E-state index in [-0.39, 0.29) is 5.91 Å². The molecule has 5 nitrogen and oxygen atoms in total. The highest BCUT2D eigenvalue weighted by molar-refractivity contribution is 7.21. The maximum absolute atomic E-state index is 12.9. The number of thiazole rings is 1. The molecule has 4 rings (SSSR count). The van der Waals surface area contributed by atoms with E-state index < -0.39 is 11.7 Å². The first kappa shape index (κ1) is 19.8. The van der Waals surface area contributed by atoms with Crippen LogP contribution in [0.15, 0.2) is 42.0 Å². The van der Waals surface area contributed by atoms with E-state index in [2.05, 4.69) is 9.97 Å². The lowest BCUT2D eigenvalue weighted by Gasteiger charge is -2.22. The Morgan fingerprint density at radius 1 is 1.03 bits per heavy atom. The molecule has 0 spiro atoms. The molecule has 1 fully saturated rings. The lowest BCUT2D eigenvalue weighted by atomic mass is 10.2. The number of nitrogens with zero attached hydrogens (tertiary/aromatic N) is 4. The molecule has 0 aromatic carbocycles. The molecule has 4 heterocycles. The third-order valence-corrected chi connectivity index (χ3v) is 6.66. The predicted molar refractivity (Wildman–Crippen MR) is 107 cm³/mol. The summed E-state index contributed by atoms with van der Waals surface area (Å²) in [6, 6.07) is 6.34. The van der Waals surface area contributed by atoms with Crippen LogP contribution in [0.25, 0.3) is 9.88 Å². The van der Waals surface area contributed by atoms with Crippen LogP contribution < -0.4 is 4.90 Å². The molecular formula is C19H17F3N4OS2. The van der Waals surface area contributed by atoms with Crippen LogP contribution in [0, 0.1) is 0 Å². The quantitative estimate of drug-likeness (QED) is 0.598. The van der Waals surface area contributed by atoms with Crippen LogP contribution >= 0.6 is 22.7 Å². The van der Waals surface area contributed by atoms with E-state index in [1.54, 1.807) is 22.4 Å². The fraction of sp³-hybridized carbons (Fsp3) is 0.316. The van der Waals surface area contributed by atoms with Gasteiger partial charge in [-0.2, -0.15) is 13.2 Å². The molecule has 3 aromatic heterocycles. The van der Waals surface area contributed by atoms with E-state index in [9.17, 15) is 18.0 Å². The lowest BCUT2D eigenvalue weighted by molar-refractivity contribution is -0.137. The Kier molecular flexibility index (Phi) is 5.55. The highest BCUT2D eigenvalue weighted by atomic mass is 32.1. The van der Waals surface area contributed by atoms with E-state index in [4.69, 9.17) is 0 Å². The maximum Gasteiger partial charge on any atom is 0.417 e. The fourth-order valence-corrected chi connectivity index (χ4v) is 4.82. The predicted octanol–water partition coefficient (Wildman–Crippen LogP) is 4.64. The number of anilines is 1. The Morgan fingerprint density at radius 2 is 1.90 bits per heavy atom. The summed E-state index contributed by atoms with van der Waals surface area (Å²) >= 11 is 2.96. The number of rotatable bonds is 3. The average molecular weight is 439 g/mol. The Morgan fingerprint density at radius 3 is 2.59 bits per heavy atom. The highest BCUT2D eigenvalue weighted by Gasteiger charge is 2.31. The summed E-state index contributed by atoms with van der Waals surface area (Å²) in [6.07, 6.45) is -1.22. The van der Waals surface area contributed by atoms with Crippen LogP contribution in [0.4, 0.5) is 19.0 Å². The largest absolute Gasteiger partial charge is 0.417 e. The molecule has 0 aliphatic carbocycles. The molecule has 0 radical (unpaired) electrons. The van der Waals surface area contributed by atoms with Crippen molar-refractivity contribution in [1.29, 1.82) is 0 Å². The smallest absolute Gasteiger partial charge is 0.355 e. The summed E-state index contributed by atoms with van der Waals surface area (Å²) in [5.41, 5.74) is -0.764. The van der Waals surface area contributed by atoms with Gasteiger partial charge in [0.05, 0.1) is 16.6 Å². The van der Waals surface area contributed by atoms with Gasteiger partial charge in [0.15, 0.2) is 0 Å². The normalized spacial score (nSPS) is 15.4. The summed E-state index contributed by atoms with van der Waals surface area (Å²) in [6.45, 7) is 2.21. The average Bonchev–Trinajstić information content (AvgIpc) is 3.34. The van der Waals surface area contributed by atoms with Crippen LogP contribution in [-0.4, -0.2) is 47.0 Å². The molecule has 0 bridgehead atoms. The van der Waals surface area contributed by atoms with E-state index in [0.717, 1.165) is 22.1 Å². The zero-order valence-corrected chi connectivity index (χ0v) is 16.9. The van der Waals surface area contributed by atoms with Crippen molar-refractivity contribution in [3.63, 3.8) is 0 Å². The third kappa shape index (κ3) is 4.43. The van der Waals surface area contributed by atoms with Crippen LogP contribution in [0.2, 0.25) is 0 Å². The molecular weight excluding hydrogens is 421 g/mol. The molecule has 0 N–H and O–H groups in total. The molecule has 1 aliphatic rings. The number of alkyl halides is 3. The number of pyridine rings is 1. The van der Waals surface area contributed by atoms with Crippen molar-refractivity contribution in [3.05, 3.63) is 52.5 Å². The second-order valence-corrected chi connectivity index (χ2v) is 8.52. The molecule has 10 heteroatoms. The van der Waals surface area contributed by atoms with E-state index >= 15 is 0 Å². The van der Waals surface area contributed by atoms with Crippen LogP contribution in [0.3, 0.4) is 0 Å². The summed E-state index contributed by atoms with van der Waals surface area (Å²) in [5, 5.41) is 2.80. The van der Waals surface area contributed by atoms with Crippen LogP contribution in [0.5, 0.6) is 0 Å². The van der Waals surface area contributed by atoms with Crippen LogP contribution in [-0.2, 0) is 6.18 Å². The highest BCUT2D eigenvalue weighted by Crippen LogP contribution is 2.31. The van der Waals surface area contributed by atoms with Crippen molar-refractivity contribution in [1.82, 2.24) is 14.9 Å². The van der Waals surface area contributed by atoms with Crippen LogP contribution in [0.1, 0.15) is 21.7 Å². The molecule has 1 aliphatic heterocycles. The minimum Gasteiger partial charge on any atom is -0.355 e. The second-order valence-electron chi connectivity index (χ2n) is 6.54. The van der Waals surface area contributed by atoms with Gasteiger partial charge >= 0.3 is 6.18 Å². The van der Waals surface area contributed by atoms with Crippen molar-refractivity contribution in [3.8, 4) is 9.88 Å². The van der Waals surface area contributed by atoms with E-state index in [1.807, 2.05) is 22.4 Å². The summed E-state index contributed by atoms with van der Waals surface area (Å²) in [4.78, 5) is 26.5. The van der Waals surface area contributed by atoms with E-state index in [0.29, 0.717) is 43.3 Å². The zero-order valence-electron chi connectivity index (χ0n) is 15.2. The second kappa shape index (κ2) is 8.11. The fourth-order valence-electron chi connectivity index (χ4n) is 3.13. The first-order valence-corrected chi connectivity index (χ1v) is 10.7. The number of carbonyl (C=O) groups is 1. The number of amides is 1.